The van der Waals surface area contributed by atoms with E-state index in [0.29, 0.717) is 25.2 Å². The minimum absolute atomic E-state index is 0.0538. The summed E-state index contributed by atoms with van der Waals surface area (Å²) in [4.78, 5) is 11.0. The van der Waals surface area contributed by atoms with Crippen LogP contribution in [-0.2, 0) is 0 Å². The van der Waals surface area contributed by atoms with E-state index >= 15 is 0 Å². The first-order valence-corrected chi connectivity index (χ1v) is 5.63. The largest absolute Gasteiger partial charge is 0.493 e. The molecule has 0 saturated heterocycles. The fraction of sp³-hybridized carbons (Fsp3) is 0.385. The van der Waals surface area contributed by atoms with E-state index in [0.717, 1.165) is 0 Å². The highest BCUT2D eigenvalue weighted by atomic mass is 16.5. The molecule has 0 aliphatic rings. The van der Waals surface area contributed by atoms with Crippen molar-refractivity contribution in [2.24, 2.45) is 0 Å². The number of unbranched alkanes of at least 4 members (excludes halogenated alkanes) is 1. The van der Waals surface area contributed by atoms with Crippen LogP contribution in [-0.4, -0.2) is 31.9 Å². The monoisotopic (exact) mass is 265 g/mol. The van der Waals surface area contributed by atoms with Crippen LogP contribution in [0.25, 0.3) is 0 Å². The standard InChI is InChI=1S/C13H15NO5/c1-17-10-7-9(13(15)16)8-11(18-2)12(10)19-6-4-3-5-14/h7-8H,3-4,6H2,1-2H3,(H,15,16). The van der Waals surface area contributed by atoms with Crippen molar-refractivity contribution in [3.05, 3.63) is 17.7 Å². The maximum atomic E-state index is 11.0. The molecular weight excluding hydrogens is 250 g/mol. The lowest BCUT2D eigenvalue weighted by molar-refractivity contribution is 0.0696. The summed E-state index contributed by atoms with van der Waals surface area (Å²) in [6.45, 7) is 0.326. The third-order valence-corrected chi connectivity index (χ3v) is 2.39. The molecule has 1 aromatic carbocycles. The van der Waals surface area contributed by atoms with Crippen LogP contribution in [0.4, 0.5) is 0 Å². The topological polar surface area (TPSA) is 88.8 Å². The number of rotatable bonds is 7. The molecule has 0 amide bonds. The first-order chi connectivity index (χ1) is 9.13. The molecule has 0 radical (unpaired) electrons. The number of carbonyl (C=O) groups is 1. The highest BCUT2D eigenvalue weighted by molar-refractivity contribution is 5.89. The summed E-state index contributed by atoms with van der Waals surface area (Å²) in [6.07, 6.45) is 0.960. The second-order valence-corrected chi connectivity index (χ2v) is 3.63. The average molecular weight is 265 g/mol. The molecule has 0 heterocycles. The summed E-state index contributed by atoms with van der Waals surface area (Å²) < 4.78 is 15.7. The number of carboxylic acid groups (broad SMARTS) is 1. The first kappa shape index (κ1) is 14.6. The summed E-state index contributed by atoms with van der Waals surface area (Å²) in [6, 6.07) is 4.75. The minimum Gasteiger partial charge on any atom is -0.493 e. The van der Waals surface area contributed by atoms with E-state index in [4.69, 9.17) is 24.6 Å². The van der Waals surface area contributed by atoms with Crippen LogP contribution < -0.4 is 14.2 Å². The number of hydrogen-bond acceptors (Lipinski definition) is 5. The Balaban J connectivity index is 3.00. The second kappa shape index (κ2) is 7.11. The van der Waals surface area contributed by atoms with E-state index in [1.54, 1.807) is 0 Å². The number of methoxy groups -OCH3 is 2. The van der Waals surface area contributed by atoms with Gasteiger partial charge in [0.1, 0.15) is 0 Å². The number of ether oxygens (including phenoxy) is 3. The van der Waals surface area contributed by atoms with Gasteiger partial charge in [0.15, 0.2) is 11.5 Å². The molecule has 0 unspecified atom stereocenters. The van der Waals surface area contributed by atoms with E-state index in [1.807, 2.05) is 6.07 Å². The van der Waals surface area contributed by atoms with Crippen molar-refractivity contribution >= 4 is 5.97 Å². The summed E-state index contributed by atoms with van der Waals surface area (Å²) in [7, 11) is 2.84. The average Bonchev–Trinajstić information content (AvgIpc) is 2.42. The zero-order chi connectivity index (χ0) is 14.3. The van der Waals surface area contributed by atoms with E-state index in [9.17, 15) is 4.79 Å². The summed E-state index contributed by atoms with van der Waals surface area (Å²) >= 11 is 0. The van der Waals surface area contributed by atoms with Gasteiger partial charge >= 0.3 is 5.97 Å². The van der Waals surface area contributed by atoms with Crippen LogP contribution >= 0.6 is 0 Å². The molecule has 0 aromatic heterocycles. The first-order valence-electron chi connectivity index (χ1n) is 5.63. The van der Waals surface area contributed by atoms with Crippen molar-refractivity contribution in [1.29, 1.82) is 5.26 Å². The molecule has 1 rings (SSSR count). The molecule has 0 atom stereocenters. The highest BCUT2D eigenvalue weighted by Gasteiger charge is 2.17. The Bertz CT molecular complexity index is 467. The van der Waals surface area contributed by atoms with Gasteiger partial charge in [-0.3, -0.25) is 0 Å². The van der Waals surface area contributed by atoms with Gasteiger partial charge in [0, 0.05) is 6.42 Å². The molecule has 0 aliphatic heterocycles. The maximum Gasteiger partial charge on any atom is 0.335 e. The quantitative estimate of drug-likeness (QED) is 0.759. The zero-order valence-corrected chi connectivity index (χ0v) is 10.8. The highest BCUT2D eigenvalue weighted by Crippen LogP contribution is 2.38. The van der Waals surface area contributed by atoms with Gasteiger partial charge in [-0.2, -0.15) is 5.26 Å². The molecule has 6 nitrogen and oxygen atoms in total. The van der Waals surface area contributed by atoms with Crippen LogP contribution in [0.15, 0.2) is 12.1 Å². The second-order valence-electron chi connectivity index (χ2n) is 3.63. The van der Waals surface area contributed by atoms with Crippen molar-refractivity contribution in [3.8, 4) is 23.3 Å². The predicted octanol–water partition coefficient (Wildman–Crippen LogP) is 2.08. The minimum atomic E-state index is -1.08. The van der Waals surface area contributed by atoms with Crippen molar-refractivity contribution in [2.75, 3.05) is 20.8 Å². The van der Waals surface area contributed by atoms with Crippen LogP contribution in [0.3, 0.4) is 0 Å². The number of aromatic carboxylic acids is 1. The van der Waals surface area contributed by atoms with Gasteiger partial charge in [0.05, 0.1) is 32.5 Å². The molecule has 0 spiro atoms. The number of hydrogen-bond donors (Lipinski definition) is 1. The van der Waals surface area contributed by atoms with Crippen LogP contribution in [0.2, 0.25) is 0 Å². The van der Waals surface area contributed by atoms with Gasteiger partial charge < -0.3 is 19.3 Å². The third kappa shape index (κ3) is 3.78. The number of benzene rings is 1. The molecule has 1 N–H and O–H groups in total. The van der Waals surface area contributed by atoms with E-state index < -0.39 is 5.97 Å². The lowest BCUT2D eigenvalue weighted by atomic mass is 10.2. The maximum absolute atomic E-state index is 11.0. The zero-order valence-electron chi connectivity index (χ0n) is 10.8. The van der Waals surface area contributed by atoms with Crippen molar-refractivity contribution in [1.82, 2.24) is 0 Å². The summed E-state index contributed by atoms with van der Waals surface area (Å²) in [5.74, 6) is -0.164. The van der Waals surface area contributed by atoms with Gasteiger partial charge in [0.2, 0.25) is 5.75 Å². The van der Waals surface area contributed by atoms with Crippen LogP contribution in [0.5, 0.6) is 17.2 Å². The molecule has 0 saturated carbocycles. The lowest BCUT2D eigenvalue weighted by Crippen LogP contribution is -2.04. The molecule has 0 bridgehead atoms. The molecule has 6 heteroatoms. The van der Waals surface area contributed by atoms with Crippen molar-refractivity contribution < 1.29 is 24.1 Å². The van der Waals surface area contributed by atoms with Crippen molar-refractivity contribution in [2.45, 2.75) is 12.8 Å². The molecule has 102 valence electrons. The predicted molar refractivity (Wildman–Crippen MR) is 66.8 cm³/mol. The van der Waals surface area contributed by atoms with E-state index in [-0.39, 0.29) is 17.1 Å². The van der Waals surface area contributed by atoms with Crippen LogP contribution in [0.1, 0.15) is 23.2 Å². The van der Waals surface area contributed by atoms with Crippen molar-refractivity contribution in [3.63, 3.8) is 0 Å². The van der Waals surface area contributed by atoms with E-state index in [2.05, 4.69) is 0 Å². The van der Waals surface area contributed by atoms with Crippen LogP contribution in [0, 0.1) is 11.3 Å². The molecule has 0 aliphatic carbocycles. The normalized spacial score (nSPS) is 9.53. The van der Waals surface area contributed by atoms with Gasteiger partial charge in [-0.1, -0.05) is 0 Å². The Morgan fingerprint density at radius 3 is 2.32 bits per heavy atom. The van der Waals surface area contributed by atoms with Gasteiger partial charge in [-0.15, -0.1) is 0 Å². The molecule has 0 fully saturated rings. The molecule has 1 aromatic rings. The Labute approximate surface area is 111 Å². The van der Waals surface area contributed by atoms with Gasteiger partial charge in [0.25, 0.3) is 0 Å². The van der Waals surface area contributed by atoms with Gasteiger partial charge in [-0.25, -0.2) is 4.79 Å². The fourth-order valence-electron chi connectivity index (χ4n) is 1.47. The molecular formula is C13H15NO5. The van der Waals surface area contributed by atoms with E-state index in [1.165, 1.54) is 26.4 Å². The number of nitriles is 1. The fourth-order valence-corrected chi connectivity index (χ4v) is 1.47. The lowest BCUT2D eigenvalue weighted by Gasteiger charge is -2.14. The molecule has 19 heavy (non-hydrogen) atoms. The smallest absolute Gasteiger partial charge is 0.335 e. The Morgan fingerprint density at radius 2 is 1.89 bits per heavy atom. The van der Waals surface area contributed by atoms with Gasteiger partial charge in [-0.05, 0) is 18.6 Å². The Hall–Kier alpha value is -2.42. The number of carboxylic acids is 1. The number of nitrogens with zero attached hydrogens (tertiary/aromatic N) is 1. The summed E-state index contributed by atoms with van der Waals surface area (Å²) in [5, 5.41) is 17.4. The SMILES string of the molecule is COc1cc(C(=O)O)cc(OC)c1OCCCC#N. The Morgan fingerprint density at radius 1 is 1.32 bits per heavy atom. The Kier molecular flexibility index (Phi) is 5.48. The third-order valence-electron chi connectivity index (χ3n) is 2.39. The summed E-state index contributed by atoms with van der Waals surface area (Å²) in [5.41, 5.74) is 0.0538.